The number of sulfonamides is 1. The van der Waals surface area contributed by atoms with Gasteiger partial charge in [0, 0.05) is 6.04 Å². The van der Waals surface area contributed by atoms with Gasteiger partial charge in [-0.2, -0.15) is 0 Å². The highest BCUT2D eigenvalue weighted by Gasteiger charge is 2.30. The van der Waals surface area contributed by atoms with Crippen molar-refractivity contribution >= 4 is 27.6 Å². The Labute approximate surface area is 127 Å². The van der Waals surface area contributed by atoms with Crippen molar-refractivity contribution in [2.24, 2.45) is 5.92 Å². The highest BCUT2D eigenvalue weighted by Crippen LogP contribution is 2.28. The van der Waals surface area contributed by atoms with Crippen molar-refractivity contribution in [3.8, 4) is 0 Å². The van der Waals surface area contributed by atoms with Crippen molar-refractivity contribution in [2.75, 3.05) is 0 Å². The third-order valence-corrected chi connectivity index (χ3v) is 5.61. The molecular weight excluding hydrogens is 321 g/mol. The molecule has 1 saturated carbocycles. The van der Waals surface area contributed by atoms with Gasteiger partial charge < -0.3 is 5.11 Å². The summed E-state index contributed by atoms with van der Waals surface area (Å²) in [7, 11) is -4.06. The normalized spacial score (nSPS) is 23.0. The zero-order valence-corrected chi connectivity index (χ0v) is 12.6. The third kappa shape index (κ3) is 3.72. The molecule has 1 aromatic carbocycles. The Morgan fingerprint density at radius 2 is 1.90 bits per heavy atom. The predicted molar refractivity (Wildman–Crippen MR) is 75.1 cm³/mol. The number of hydrogen-bond donors (Lipinski definition) is 2. The summed E-state index contributed by atoms with van der Waals surface area (Å²) in [6.45, 7) is 0. The summed E-state index contributed by atoms with van der Waals surface area (Å²) in [5.41, 5.74) is 0. The second-order valence-corrected chi connectivity index (χ2v) is 7.12. The number of rotatable bonds is 4. The molecule has 8 heteroatoms. The molecule has 21 heavy (non-hydrogen) atoms. The number of benzene rings is 1. The Kier molecular flexibility index (Phi) is 4.85. The van der Waals surface area contributed by atoms with Crippen LogP contribution in [0.15, 0.2) is 23.1 Å². The summed E-state index contributed by atoms with van der Waals surface area (Å²) in [5.74, 6) is -2.22. The van der Waals surface area contributed by atoms with Crippen LogP contribution in [0.5, 0.6) is 0 Å². The first-order chi connectivity index (χ1) is 9.81. The van der Waals surface area contributed by atoms with E-state index in [0.29, 0.717) is 25.7 Å². The minimum Gasteiger partial charge on any atom is -0.481 e. The van der Waals surface area contributed by atoms with Gasteiger partial charge in [0.15, 0.2) is 0 Å². The van der Waals surface area contributed by atoms with Crippen LogP contribution < -0.4 is 4.72 Å². The molecule has 1 fully saturated rings. The van der Waals surface area contributed by atoms with Gasteiger partial charge in [-0.25, -0.2) is 17.5 Å². The molecule has 0 aliphatic heterocycles. The molecule has 2 N–H and O–H groups in total. The zero-order chi connectivity index (χ0) is 15.6. The first kappa shape index (κ1) is 16.2. The molecule has 116 valence electrons. The Morgan fingerprint density at radius 1 is 1.29 bits per heavy atom. The molecular formula is C13H15ClFNO4S. The van der Waals surface area contributed by atoms with Gasteiger partial charge in [0.05, 0.1) is 10.9 Å². The molecule has 1 aromatic rings. The summed E-state index contributed by atoms with van der Waals surface area (Å²) in [6, 6.07) is 3.26. The van der Waals surface area contributed by atoms with Gasteiger partial charge in [-0.05, 0) is 37.8 Å². The van der Waals surface area contributed by atoms with Crippen LogP contribution in [-0.2, 0) is 14.8 Å². The smallest absolute Gasteiger partial charge is 0.306 e. The average molecular weight is 336 g/mol. The largest absolute Gasteiger partial charge is 0.481 e. The van der Waals surface area contributed by atoms with Crippen molar-refractivity contribution in [1.82, 2.24) is 4.72 Å². The lowest BCUT2D eigenvalue weighted by molar-refractivity contribution is -0.142. The van der Waals surface area contributed by atoms with Gasteiger partial charge >= 0.3 is 5.97 Å². The van der Waals surface area contributed by atoms with E-state index in [-0.39, 0.29) is 5.02 Å². The number of carboxylic acids is 1. The van der Waals surface area contributed by atoms with Crippen LogP contribution in [0.25, 0.3) is 0 Å². The maximum Gasteiger partial charge on any atom is 0.306 e. The molecule has 0 radical (unpaired) electrons. The summed E-state index contributed by atoms with van der Waals surface area (Å²) in [4.78, 5) is 10.3. The number of hydrogen-bond acceptors (Lipinski definition) is 3. The molecule has 0 spiro atoms. The fraction of sp³-hybridized carbons (Fsp3) is 0.462. The van der Waals surface area contributed by atoms with Crippen LogP contribution >= 0.6 is 11.6 Å². The van der Waals surface area contributed by atoms with E-state index in [1.165, 1.54) is 12.1 Å². The van der Waals surface area contributed by atoms with Gasteiger partial charge in [-0.1, -0.05) is 17.7 Å². The van der Waals surface area contributed by atoms with E-state index >= 15 is 0 Å². The summed E-state index contributed by atoms with van der Waals surface area (Å²) in [6.07, 6.45) is 1.60. The molecule has 0 amide bonds. The summed E-state index contributed by atoms with van der Waals surface area (Å²) < 4.78 is 40.5. The molecule has 5 nitrogen and oxygen atoms in total. The van der Waals surface area contributed by atoms with Crippen LogP contribution in [0.4, 0.5) is 4.39 Å². The predicted octanol–water partition coefficient (Wildman–Crippen LogP) is 2.40. The van der Waals surface area contributed by atoms with Crippen molar-refractivity contribution < 1.29 is 22.7 Å². The second kappa shape index (κ2) is 6.29. The van der Waals surface area contributed by atoms with E-state index in [4.69, 9.17) is 16.7 Å². The standard InChI is InChI=1S/C13H15ClFNO4S/c14-10-2-1-3-11(15)12(10)21(19,20)16-9-6-4-8(5-7-9)13(17)18/h1-3,8-9,16H,4-7H2,(H,17,18). The van der Waals surface area contributed by atoms with E-state index in [2.05, 4.69) is 4.72 Å². The molecule has 0 saturated heterocycles. The van der Waals surface area contributed by atoms with Gasteiger partial charge in [0.2, 0.25) is 10.0 Å². The second-order valence-electron chi connectivity index (χ2n) is 5.06. The van der Waals surface area contributed by atoms with E-state index in [0.717, 1.165) is 6.07 Å². The zero-order valence-electron chi connectivity index (χ0n) is 11.1. The fourth-order valence-corrected chi connectivity index (χ4v) is 4.39. The molecule has 0 unspecified atom stereocenters. The van der Waals surface area contributed by atoms with Crippen molar-refractivity contribution in [3.63, 3.8) is 0 Å². The van der Waals surface area contributed by atoms with E-state index in [1.54, 1.807) is 0 Å². The molecule has 0 atom stereocenters. The quantitative estimate of drug-likeness (QED) is 0.885. The number of halogens is 2. The Balaban J connectivity index is 2.11. The lowest BCUT2D eigenvalue weighted by atomic mass is 9.87. The molecule has 0 heterocycles. The van der Waals surface area contributed by atoms with E-state index in [1.807, 2.05) is 0 Å². The monoisotopic (exact) mass is 335 g/mol. The first-order valence-electron chi connectivity index (χ1n) is 6.50. The number of carbonyl (C=O) groups is 1. The van der Waals surface area contributed by atoms with Crippen LogP contribution in [-0.4, -0.2) is 25.5 Å². The maximum atomic E-state index is 13.7. The van der Waals surface area contributed by atoms with Crippen molar-refractivity contribution in [1.29, 1.82) is 0 Å². The minimum absolute atomic E-state index is 0.179. The molecule has 0 bridgehead atoms. The Hall–Kier alpha value is -1.18. The summed E-state index contributed by atoms with van der Waals surface area (Å²) >= 11 is 5.76. The van der Waals surface area contributed by atoms with Crippen LogP contribution in [0.1, 0.15) is 25.7 Å². The van der Waals surface area contributed by atoms with Crippen LogP contribution in [0.3, 0.4) is 0 Å². The first-order valence-corrected chi connectivity index (χ1v) is 8.36. The molecule has 1 aliphatic carbocycles. The highest BCUT2D eigenvalue weighted by molar-refractivity contribution is 7.89. The third-order valence-electron chi connectivity index (χ3n) is 3.59. The van der Waals surface area contributed by atoms with E-state index < -0.39 is 38.7 Å². The number of nitrogens with one attached hydrogen (secondary N) is 1. The molecule has 2 rings (SSSR count). The Bertz CT molecular complexity index is 621. The highest BCUT2D eigenvalue weighted by atomic mass is 35.5. The lowest BCUT2D eigenvalue weighted by Gasteiger charge is -2.26. The van der Waals surface area contributed by atoms with E-state index in [9.17, 15) is 17.6 Å². The maximum absolute atomic E-state index is 13.7. The van der Waals surface area contributed by atoms with Crippen LogP contribution in [0.2, 0.25) is 5.02 Å². The van der Waals surface area contributed by atoms with Crippen molar-refractivity contribution in [3.05, 3.63) is 29.0 Å². The summed E-state index contributed by atoms with van der Waals surface area (Å²) in [5, 5.41) is 8.72. The SMILES string of the molecule is O=C(O)C1CCC(NS(=O)(=O)c2c(F)cccc2Cl)CC1. The minimum atomic E-state index is -4.06. The van der Waals surface area contributed by atoms with Gasteiger partial charge in [0.1, 0.15) is 10.7 Å². The Morgan fingerprint density at radius 3 is 2.43 bits per heavy atom. The molecule has 0 aromatic heterocycles. The van der Waals surface area contributed by atoms with Gasteiger partial charge in [-0.15, -0.1) is 0 Å². The molecule has 1 aliphatic rings. The fourth-order valence-electron chi connectivity index (χ4n) is 2.48. The lowest BCUT2D eigenvalue weighted by Crippen LogP contribution is -2.39. The topological polar surface area (TPSA) is 83.5 Å². The van der Waals surface area contributed by atoms with Gasteiger partial charge in [0.25, 0.3) is 0 Å². The van der Waals surface area contributed by atoms with Crippen LogP contribution in [0, 0.1) is 11.7 Å². The number of carboxylic acid groups (broad SMARTS) is 1. The van der Waals surface area contributed by atoms with Gasteiger partial charge in [-0.3, -0.25) is 4.79 Å². The average Bonchev–Trinajstić information content (AvgIpc) is 2.38. The van der Waals surface area contributed by atoms with Crippen molar-refractivity contribution in [2.45, 2.75) is 36.6 Å². The number of aliphatic carboxylic acids is 1.